The molecule has 2 aromatic carbocycles. The lowest BCUT2D eigenvalue weighted by Gasteiger charge is -2.22. The summed E-state index contributed by atoms with van der Waals surface area (Å²) < 4.78 is 0. The van der Waals surface area contributed by atoms with Crippen molar-refractivity contribution in [3.8, 4) is 5.75 Å². The third-order valence-electron chi connectivity index (χ3n) is 3.37. The fraction of sp³-hybridized carbons (Fsp3) is 0.235. The summed E-state index contributed by atoms with van der Waals surface area (Å²) in [6.45, 7) is 4.73. The minimum Gasteiger partial charge on any atom is -0.507 e. The number of aryl methyl sites for hydroxylation is 1. The molecular weight excluding hydrogens is 286 g/mol. The Balaban J connectivity index is 2.25. The summed E-state index contributed by atoms with van der Waals surface area (Å²) in [4.78, 5) is 14.2. The molecule has 1 N–H and O–H groups in total. The highest BCUT2D eigenvalue weighted by Gasteiger charge is 2.18. The van der Waals surface area contributed by atoms with Crippen molar-refractivity contribution in [2.24, 2.45) is 0 Å². The molecule has 2 rings (SSSR count). The zero-order chi connectivity index (χ0) is 15.4. The van der Waals surface area contributed by atoms with Gasteiger partial charge in [-0.25, -0.2) is 0 Å². The second-order valence-corrected chi connectivity index (χ2v) is 5.34. The predicted octanol–water partition coefficient (Wildman–Crippen LogP) is 4.02. The molecule has 3 nitrogen and oxygen atoms in total. The van der Waals surface area contributed by atoms with Gasteiger partial charge in [0, 0.05) is 18.1 Å². The first-order valence-electron chi connectivity index (χ1n) is 6.85. The number of nitrogens with zero attached hydrogens (tertiary/aromatic N) is 1. The van der Waals surface area contributed by atoms with Crippen LogP contribution in [0.25, 0.3) is 0 Å². The Bertz CT molecular complexity index is 655. The third-order valence-corrected chi connectivity index (χ3v) is 3.74. The van der Waals surface area contributed by atoms with Gasteiger partial charge < -0.3 is 10.0 Å². The Morgan fingerprint density at radius 3 is 2.57 bits per heavy atom. The number of hydrogen-bond acceptors (Lipinski definition) is 2. The predicted molar refractivity (Wildman–Crippen MR) is 84.7 cm³/mol. The summed E-state index contributed by atoms with van der Waals surface area (Å²) in [6.07, 6.45) is 0. The topological polar surface area (TPSA) is 40.5 Å². The molecule has 0 spiro atoms. The molecule has 0 bridgehead atoms. The smallest absolute Gasteiger partial charge is 0.257 e. The number of benzene rings is 2. The van der Waals surface area contributed by atoms with Gasteiger partial charge in [0.05, 0.1) is 5.56 Å². The highest BCUT2D eigenvalue weighted by Crippen LogP contribution is 2.23. The number of carbonyl (C=O) groups is 1. The van der Waals surface area contributed by atoms with Gasteiger partial charge >= 0.3 is 0 Å². The minimum absolute atomic E-state index is 0.0117. The van der Waals surface area contributed by atoms with Crippen LogP contribution in [0.2, 0.25) is 5.02 Å². The molecule has 0 radical (unpaired) electrons. The number of aromatic hydroxyl groups is 1. The summed E-state index contributed by atoms with van der Waals surface area (Å²) >= 11 is 6.14. The highest BCUT2D eigenvalue weighted by atomic mass is 35.5. The molecule has 0 heterocycles. The van der Waals surface area contributed by atoms with E-state index in [1.807, 2.05) is 38.1 Å². The molecule has 21 heavy (non-hydrogen) atoms. The molecule has 0 saturated heterocycles. The van der Waals surface area contributed by atoms with Crippen molar-refractivity contribution in [3.63, 3.8) is 0 Å². The molecule has 0 atom stereocenters. The molecule has 0 unspecified atom stereocenters. The maximum Gasteiger partial charge on any atom is 0.257 e. The summed E-state index contributed by atoms with van der Waals surface area (Å²) in [6, 6.07) is 12.5. The molecule has 0 aromatic heterocycles. The highest BCUT2D eigenvalue weighted by molar-refractivity contribution is 6.31. The van der Waals surface area contributed by atoms with E-state index >= 15 is 0 Å². The van der Waals surface area contributed by atoms with Crippen LogP contribution in [-0.4, -0.2) is 22.5 Å². The van der Waals surface area contributed by atoms with Gasteiger partial charge in [0.15, 0.2) is 0 Å². The summed E-state index contributed by atoms with van der Waals surface area (Å²) in [5.41, 5.74) is 2.12. The van der Waals surface area contributed by atoms with Crippen molar-refractivity contribution < 1.29 is 9.90 Å². The Labute approximate surface area is 129 Å². The molecule has 110 valence electrons. The van der Waals surface area contributed by atoms with E-state index in [-0.39, 0.29) is 11.7 Å². The first kappa shape index (κ1) is 15.4. The summed E-state index contributed by atoms with van der Waals surface area (Å²) in [5, 5.41) is 10.6. The van der Waals surface area contributed by atoms with Gasteiger partial charge in [-0.3, -0.25) is 4.79 Å². The lowest BCUT2D eigenvalue weighted by atomic mass is 10.1. The zero-order valence-electron chi connectivity index (χ0n) is 12.1. The standard InChI is InChI=1S/C17H18ClNO2/c1-3-19(11-13-6-4-5-7-15(13)18)17(21)14-9-8-12(2)10-16(14)20/h4-10,20H,3,11H2,1-2H3. The molecule has 1 amide bonds. The lowest BCUT2D eigenvalue weighted by Crippen LogP contribution is -2.30. The Morgan fingerprint density at radius 1 is 1.24 bits per heavy atom. The van der Waals surface area contributed by atoms with Gasteiger partial charge in [-0.1, -0.05) is 35.9 Å². The van der Waals surface area contributed by atoms with Crippen molar-refractivity contribution in [2.75, 3.05) is 6.54 Å². The third kappa shape index (κ3) is 3.56. The maximum absolute atomic E-state index is 12.5. The number of rotatable bonds is 4. The number of amides is 1. The van der Waals surface area contributed by atoms with E-state index in [9.17, 15) is 9.90 Å². The van der Waals surface area contributed by atoms with E-state index in [0.29, 0.717) is 23.7 Å². The van der Waals surface area contributed by atoms with E-state index in [4.69, 9.17) is 11.6 Å². The average Bonchev–Trinajstić information content (AvgIpc) is 2.46. The molecule has 0 aliphatic carbocycles. The molecule has 4 heteroatoms. The number of phenols is 1. The van der Waals surface area contributed by atoms with Crippen LogP contribution in [0.3, 0.4) is 0 Å². The van der Waals surface area contributed by atoms with Crippen LogP contribution >= 0.6 is 11.6 Å². The zero-order valence-corrected chi connectivity index (χ0v) is 12.9. The second-order valence-electron chi connectivity index (χ2n) is 4.93. The van der Waals surface area contributed by atoms with E-state index in [2.05, 4.69) is 0 Å². The second kappa shape index (κ2) is 6.64. The Morgan fingerprint density at radius 2 is 1.95 bits per heavy atom. The molecule has 0 fully saturated rings. The molecular formula is C17H18ClNO2. The first-order chi connectivity index (χ1) is 10.0. The molecule has 0 aliphatic rings. The fourth-order valence-electron chi connectivity index (χ4n) is 2.15. The van der Waals surface area contributed by atoms with E-state index in [1.54, 1.807) is 23.1 Å². The van der Waals surface area contributed by atoms with Crippen LogP contribution in [-0.2, 0) is 6.54 Å². The van der Waals surface area contributed by atoms with Crippen LogP contribution in [0.15, 0.2) is 42.5 Å². The SMILES string of the molecule is CCN(Cc1ccccc1Cl)C(=O)c1ccc(C)cc1O. The van der Waals surface area contributed by atoms with E-state index in [1.165, 1.54) is 0 Å². The molecule has 2 aromatic rings. The van der Waals surface area contributed by atoms with Gasteiger partial charge in [-0.2, -0.15) is 0 Å². The van der Waals surface area contributed by atoms with Gasteiger partial charge in [0.1, 0.15) is 5.75 Å². The number of halogens is 1. The van der Waals surface area contributed by atoms with Gasteiger partial charge in [-0.05, 0) is 43.2 Å². The van der Waals surface area contributed by atoms with Gasteiger partial charge in [0.2, 0.25) is 0 Å². The first-order valence-corrected chi connectivity index (χ1v) is 7.23. The largest absolute Gasteiger partial charge is 0.507 e. The van der Waals surface area contributed by atoms with Crippen molar-refractivity contribution in [1.29, 1.82) is 0 Å². The van der Waals surface area contributed by atoms with Crippen molar-refractivity contribution in [1.82, 2.24) is 4.90 Å². The van der Waals surface area contributed by atoms with Crippen LogP contribution in [0.4, 0.5) is 0 Å². The fourth-order valence-corrected chi connectivity index (χ4v) is 2.35. The molecule has 0 saturated carbocycles. The Hall–Kier alpha value is -2.00. The van der Waals surface area contributed by atoms with Crippen LogP contribution in [0.5, 0.6) is 5.75 Å². The normalized spacial score (nSPS) is 10.4. The van der Waals surface area contributed by atoms with Crippen LogP contribution in [0, 0.1) is 6.92 Å². The number of carbonyl (C=O) groups excluding carboxylic acids is 1. The van der Waals surface area contributed by atoms with E-state index < -0.39 is 0 Å². The van der Waals surface area contributed by atoms with Crippen LogP contribution < -0.4 is 0 Å². The van der Waals surface area contributed by atoms with Gasteiger partial charge in [0.25, 0.3) is 5.91 Å². The average molecular weight is 304 g/mol. The van der Waals surface area contributed by atoms with Crippen LogP contribution in [0.1, 0.15) is 28.4 Å². The molecule has 0 aliphatic heterocycles. The van der Waals surface area contributed by atoms with Crippen molar-refractivity contribution in [2.45, 2.75) is 20.4 Å². The lowest BCUT2D eigenvalue weighted by molar-refractivity contribution is 0.0749. The number of phenolic OH excluding ortho intramolecular Hbond substituents is 1. The quantitative estimate of drug-likeness (QED) is 0.927. The van der Waals surface area contributed by atoms with Crippen molar-refractivity contribution >= 4 is 17.5 Å². The maximum atomic E-state index is 12.5. The van der Waals surface area contributed by atoms with Crippen molar-refractivity contribution in [3.05, 3.63) is 64.2 Å². The summed E-state index contributed by atoms with van der Waals surface area (Å²) in [7, 11) is 0. The Kier molecular flexibility index (Phi) is 4.86. The number of hydrogen-bond donors (Lipinski definition) is 1. The van der Waals surface area contributed by atoms with Gasteiger partial charge in [-0.15, -0.1) is 0 Å². The summed E-state index contributed by atoms with van der Waals surface area (Å²) in [5.74, 6) is -0.187. The monoisotopic (exact) mass is 303 g/mol. The van der Waals surface area contributed by atoms with E-state index in [0.717, 1.165) is 11.1 Å². The minimum atomic E-state index is -0.199.